The minimum Gasteiger partial charge on any atom is -0.842 e. The van der Waals surface area contributed by atoms with Gasteiger partial charge in [-0.1, -0.05) is 73.3 Å². The van der Waals surface area contributed by atoms with Crippen molar-refractivity contribution in [3.63, 3.8) is 0 Å². The number of para-hydroxylation sites is 2. The third-order valence-electron chi connectivity index (χ3n) is 4.85. The van der Waals surface area contributed by atoms with Gasteiger partial charge >= 0.3 is 5.56 Å². The van der Waals surface area contributed by atoms with Crippen molar-refractivity contribution >= 4 is 6.08 Å². The van der Waals surface area contributed by atoms with E-state index in [2.05, 4.69) is 6.58 Å². The van der Waals surface area contributed by atoms with E-state index in [0.29, 0.717) is 11.4 Å². The van der Waals surface area contributed by atoms with Gasteiger partial charge in [-0.05, 0) is 35.4 Å². The summed E-state index contributed by atoms with van der Waals surface area (Å²) in [6, 6.07) is 26.4. The van der Waals surface area contributed by atoms with Crippen molar-refractivity contribution in [2.45, 2.75) is 6.42 Å². The quantitative estimate of drug-likeness (QED) is 0.498. The van der Waals surface area contributed by atoms with Gasteiger partial charge in [0.25, 0.3) is 6.33 Å². The minimum absolute atomic E-state index is 0.228. The molecule has 0 unspecified atom stereocenters. The summed E-state index contributed by atoms with van der Waals surface area (Å²) in [4.78, 5) is 13.2. The van der Waals surface area contributed by atoms with Gasteiger partial charge < -0.3 is 5.11 Å². The Hall–Kier alpha value is -3.92. The van der Waals surface area contributed by atoms with E-state index < -0.39 is 0 Å². The summed E-state index contributed by atoms with van der Waals surface area (Å²) in [6.07, 6.45) is 3.59. The zero-order valence-corrected chi connectivity index (χ0v) is 15.9. The van der Waals surface area contributed by atoms with Gasteiger partial charge in [0.15, 0.2) is 0 Å². The highest BCUT2D eigenvalue weighted by atomic mass is 16.3. The van der Waals surface area contributed by atoms with E-state index in [1.807, 2.05) is 84.9 Å². The lowest BCUT2D eigenvalue weighted by atomic mass is 10.0. The van der Waals surface area contributed by atoms with E-state index in [9.17, 15) is 9.90 Å². The Morgan fingerprint density at radius 3 is 2.14 bits per heavy atom. The number of rotatable bonds is 5. The topological polar surface area (TPSA) is 48.9 Å². The van der Waals surface area contributed by atoms with Crippen LogP contribution in [0.5, 0.6) is 5.88 Å². The molecule has 0 atom stereocenters. The van der Waals surface area contributed by atoms with E-state index in [4.69, 9.17) is 0 Å². The van der Waals surface area contributed by atoms with Crippen LogP contribution in [0.1, 0.15) is 16.7 Å². The van der Waals surface area contributed by atoms with Crippen LogP contribution in [0.25, 0.3) is 17.5 Å². The Morgan fingerprint density at radius 1 is 0.897 bits per heavy atom. The maximum absolute atomic E-state index is 13.2. The maximum atomic E-state index is 13.2. The Labute approximate surface area is 169 Å². The first-order valence-electron chi connectivity index (χ1n) is 9.37. The average molecular weight is 380 g/mol. The molecule has 4 nitrogen and oxygen atoms in total. The smallest absolute Gasteiger partial charge is 0.345 e. The van der Waals surface area contributed by atoms with Crippen LogP contribution in [0.2, 0.25) is 0 Å². The lowest BCUT2D eigenvalue weighted by Gasteiger charge is -2.16. The third kappa shape index (κ3) is 3.73. The predicted octanol–water partition coefficient (Wildman–Crippen LogP) is 3.42. The van der Waals surface area contributed by atoms with Gasteiger partial charge in [-0.2, -0.15) is 4.57 Å². The number of hydrogen-bond donors (Lipinski definition) is 0. The molecule has 4 rings (SSSR count). The fraction of sp³-hybridized carbons (Fsp3) is 0.0400. The van der Waals surface area contributed by atoms with Crippen molar-refractivity contribution in [3.8, 4) is 17.3 Å². The molecule has 0 spiro atoms. The summed E-state index contributed by atoms with van der Waals surface area (Å²) < 4.78 is 3.06. The van der Waals surface area contributed by atoms with Gasteiger partial charge in [0.05, 0.1) is 11.4 Å². The second-order valence-corrected chi connectivity index (χ2v) is 6.74. The summed E-state index contributed by atoms with van der Waals surface area (Å²) >= 11 is 0. The van der Waals surface area contributed by atoms with E-state index in [1.165, 1.54) is 9.13 Å². The highest BCUT2D eigenvalue weighted by Crippen LogP contribution is 2.15. The summed E-state index contributed by atoms with van der Waals surface area (Å²) in [6.45, 7) is 3.76. The molecule has 4 heteroatoms. The average Bonchev–Trinajstić information content (AvgIpc) is 2.78. The van der Waals surface area contributed by atoms with Crippen LogP contribution < -0.4 is 15.2 Å². The lowest BCUT2D eigenvalue weighted by Crippen LogP contribution is -2.43. The summed E-state index contributed by atoms with van der Waals surface area (Å²) in [7, 11) is 0. The van der Waals surface area contributed by atoms with E-state index in [-0.39, 0.29) is 23.4 Å². The molecule has 1 heterocycles. The fourth-order valence-corrected chi connectivity index (χ4v) is 3.27. The monoisotopic (exact) mass is 380 g/mol. The summed E-state index contributed by atoms with van der Waals surface area (Å²) in [5.41, 5.74) is 3.24. The van der Waals surface area contributed by atoms with Crippen LogP contribution in [-0.4, -0.2) is 4.57 Å². The van der Waals surface area contributed by atoms with Crippen molar-refractivity contribution in [1.82, 2.24) is 4.57 Å². The molecule has 0 aliphatic carbocycles. The van der Waals surface area contributed by atoms with Gasteiger partial charge in [0.2, 0.25) is 0 Å². The molecule has 0 radical (unpaired) electrons. The molecular formula is C25H20N2O2. The SMILES string of the molecule is C=Cc1ccc(Cc2c([O-])[n+](-c3ccccc3)cn(-c3ccccc3)c2=O)cc1. The molecule has 0 fully saturated rings. The van der Waals surface area contributed by atoms with Crippen LogP contribution in [0.4, 0.5) is 0 Å². The summed E-state index contributed by atoms with van der Waals surface area (Å²) in [5, 5.41) is 13.2. The Kier molecular flexibility index (Phi) is 5.08. The van der Waals surface area contributed by atoms with Crippen molar-refractivity contribution < 1.29 is 9.67 Å². The first kappa shape index (κ1) is 18.4. The van der Waals surface area contributed by atoms with Crippen LogP contribution in [0.3, 0.4) is 0 Å². The number of benzene rings is 3. The molecule has 0 aliphatic heterocycles. The molecule has 0 amide bonds. The molecule has 0 bridgehead atoms. The Balaban J connectivity index is 1.90. The van der Waals surface area contributed by atoms with Crippen LogP contribution >= 0.6 is 0 Å². The molecule has 3 aromatic carbocycles. The van der Waals surface area contributed by atoms with Gasteiger partial charge in [-0.15, -0.1) is 0 Å². The molecule has 29 heavy (non-hydrogen) atoms. The molecule has 0 saturated heterocycles. The zero-order valence-electron chi connectivity index (χ0n) is 15.9. The highest BCUT2D eigenvalue weighted by Gasteiger charge is 2.19. The van der Waals surface area contributed by atoms with Crippen LogP contribution in [-0.2, 0) is 6.42 Å². The largest absolute Gasteiger partial charge is 0.842 e. The van der Waals surface area contributed by atoms with Crippen LogP contribution in [0, 0.1) is 0 Å². The highest BCUT2D eigenvalue weighted by molar-refractivity contribution is 5.47. The second-order valence-electron chi connectivity index (χ2n) is 6.74. The standard InChI is InChI=1S/C25H20N2O2/c1-2-19-13-15-20(16-14-19)17-23-24(28)26(21-9-5-3-6-10-21)18-27(25(23)29)22-11-7-4-8-12-22/h2-16,18H,1,17H2. The fourth-order valence-electron chi connectivity index (χ4n) is 3.27. The predicted molar refractivity (Wildman–Crippen MR) is 112 cm³/mol. The summed E-state index contributed by atoms with van der Waals surface area (Å²) in [5.74, 6) is -0.304. The van der Waals surface area contributed by atoms with Gasteiger partial charge in [0, 0.05) is 6.42 Å². The van der Waals surface area contributed by atoms with Crippen molar-refractivity contribution in [1.29, 1.82) is 0 Å². The van der Waals surface area contributed by atoms with Crippen molar-refractivity contribution in [2.75, 3.05) is 0 Å². The minimum atomic E-state index is -0.304. The Bertz CT molecular complexity index is 1200. The molecule has 142 valence electrons. The molecule has 0 saturated carbocycles. The van der Waals surface area contributed by atoms with Gasteiger partial charge in [-0.3, -0.25) is 0 Å². The second kappa shape index (κ2) is 7.98. The zero-order chi connectivity index (χ0) is 20.2. The normalized spacial score (nSPS) is 10.6. The van der Waals surface area contributed by atoms with E-state index >= 15 is 0 Å². The lowest BCUT2D eigenvalue weighted by molar-refractivity contribution is -0.655. The molecular weight excluding hydrogens is 360 g/mol. The van der Waals surface area contributed by atoms with Gasteiger partial charge in [0.1, 0.15) is 11.4 Å². The third-order valence-corrected chi connectivity index (χ3v) is 4.85. The molecule has 0 aliphatic rings. The first-order chi connectivity index (χ1) is 14.2. The molecule has 1 aromatic heterocycles. The van der Waals surface area contributed by atoms with E-state index in [1.54, 1.807) is 12.4 Å². The number of hydrogen-bond acceptors (Lipinski definition) is 2. The first-order valence-corrected chi connectivity index (χ1v) is 9.37. The van der Waals surface area contributed by atoms with Gasteiger partial charge in [-0.25, -0.2) is 9.36 Å². The number of aromatic nitrogens is 2. The Morgan fingerprint density at radius 2 is 1.52 bits per heavy atom. The van der Waals surface area contributed by atoms with E-state index in [0.717, 1.165) is 11.1 Å². The van der Waals surface area contributed by atoms with Crippen molar-refractivity contribution in [2.24, 2.45) is 0 Å². The van der Waals surface area contributed by atoms with Crippen LogP contribution in [0.15, 0.2) is 103 Å². The van der Waals surface area contributed by atoms with Crippen molar-refractivity contribution in [3.05, 3.63) is 125 Å². The maximum Gasteiger partial charge on any atom is 0.345 e. The molecule has 0 N–H and O–H groups in total. The molecule has 4 aromatic rings. The number of nitrogens with zero attached hydrogens (tertiary/aromatic N) is 2.